The van der Waals surface area contributed by atoms with Crippen LogP contribution in [0.1, 0.15) is 51.1 Å². The highest BCUT2D eigenvalue weighted by atomic mass is 19.1. The van der Waals surface area contributed by atoms with Crippen molar-refractivity contribution in [2.75, 3.05) is 33.5 Å². The lowest BCUT2D eigenvalue weighted by molar-refractivity contribution is -0.231. The number of methoxy groups -OCH3 is 1. The molecule has 2 N–H and O–H groups in total. The first-order valence-electron chi connectivity index (χ1n) is 13.3. The number of H-pyrrole nitrogens is 1. The third-order valence-electron chi connectivity index (χ3n) is 7.07. The van der Waals surface area contributed by atoms with E-state index >= 15 is 0 Å². The van der Waals surface area contributed by atoms with Gasteiger partial charge < -0.3 is 29.2 Å². The summed E-state index contributed by atoms with van der Waals surface area (Å²) < 4.78 is 36.3. The monoisotopic (exact) mass is 539 g/mol. The minimum Gasteiger partial charge on any atom is -0.461 e. The van der Waals surface area contributed by atoms with E-state index in [0.717, 1.165) is 25.7 Å². The summed E-state index contributed by atoms with van der Waals surface area (Å²) in [6.07, 6.45) is 6.30. The third-order valence-corrected chi connectivity index (χ3v) is 7.07. The summed E-state index contributed by atoms with van der Waals surface area (Å²) in [5.41, 5.74) is 1.53. The minimum atomic E-state index is -0.812. The van der Waals surface area contributed by atoms with Gasteiger partial charge in [0.1, 0.15) is 12.4 Å². The highest BCUT2D eigenvalue weighted by molar-refractivity contribution is 5.83. The Kier molecular flexibility index (Phi) is 8.49. The van der Waals surface area contributed by atoms with E-state index in [9.17, 15) is 9.18 Å². The number of nitrogens with one attached hydrogen (secondary N) is 2. The van der Waals surface area contributed by atoms with E-state index in [0.29, 0.717) is 41.7 Å². The van der Waals surface area contributed by atoms with Crippen molar-refractivity contribution in [3.8, 4) is 28.7 Å². The average Bonchev–Trinajstić information content (AvgIpc) is 3.40. The Labute approximate surface area is 226 Å². The Morgan fingerprint density at radius 3 is 2.56 bits per heavy atom. The zero-order chi connectivity index (χ0) is 27.2. The molecule has 0 bridgehead atoms. The molecule has 1 saturated carbocycles. The van der Waals surface area contributed by atoms with Crippen LogP contribution in [0.4, 0.5) is 4.39 Å². The summed E-state index contributed by atoms with van der Waals surface area (Å²) in [4.78, 5) is 29.7. The van der Waals surface area contributed by atoms with Crippen molar-refractivity contribution >= 4 is 5.91 Å². The number of carbonyl (C=O) groups is 1. The van der Waals surface area contributed by atoms with Crippen LogP contribution in [0.2, 0.25) is 0 Å². The number of hydrogen-bond acceptors (Lipinski definition) is 8. The third kappa shape index (κ3) is 6.43. The average molecular weight is 540 g/mol. The van der Waals surface area contributed by atoms with Gasteiger partial charge in [-0.15, -0.1) is 0 Å². The van der Waals surface area contributed by atoms with Gasteiger partial charge in [-0.3, -0.25) is 4.79 Å². The van der Waals surface area contributed by atoms with Gasteiger partial charge >= 0.3 is 6.01 Å². The highest BCUT2D eigenvalue weighted by Crippen LogP contribution is 2.36. The molecule has 208 valence electrons. The normalized spacial score (nSPS) is 22.0. The molecule has 1 aliphatic carbocycles. The second-order valence-electron chi connectivity index (χ2n) is 10.2. The molecule has 3 aromatic rings. The van der Waals surface area contributed by atoms with Crippen LogP contribution in [0.25, 0.3) is 22.6 Å². The molecule has 2 fully saturated rings. The molecule has 2 aliphatic rings. The molecular formula is C28H34FN5O5. The number of imidazole rings is 1. The van der Waals surface area contributed by atoms with E-state index in [2.05, 4.69) is 20.3 Å². The van der Waals surface area contributed by atoms with E-state index in [4.69, 9.17) is 23.9 Å². The number of nitrogens with zero attached hydrogens (tertiary/aromatic N) is 3. The van der Waals surface area contributed by atoms with Crippen LogP contribution in [0.5, 0.6) is 6.01 Å². The van der Waals surface area contributed by atoms with Gasteiger partial charge in [-0.05, 0) is 50.1 Å². The second-order valence-corrected chi connectivity index (χ2v) is 10.2. The van der Waals surface area contributed by atoms with E-state index < -0.39 is 11.7 Å². The molecule has 11 heteroatoms. The predicted octanol–water partition coefficient (Wildman–Crippen LogP) is 4.20. The van der Waals surface area contributed by atoms with E-state index in [1.54, 1.807) is 31.5 Å². The lowest BCUT2D eigenvalue weighted by Gasteiger charge is -2.37. The van der Waals surface area contributed by atoms with E-state index in [1.807, 2.05) is 6.92 Å². The number of amides is 1. The summed E-state index contributed by atoms with van der Waals surface area (Å²) in [7, 11) is 1.59. The van der Waals surface area contributed by atoms with Crippen LogP contribution in [0.3, 0.4) is 0 Å². The number of aromatic amines is 1. The van der Waals surface area contributed by atoms with Crippen molar-refractivity contribution < 1.29 is 28.1 Å². The summed E-state index contributed by atoms with van der Waals surface area (Å²) >= 11 is 0. The molecule has 1 saturated heterocycles. The topological polar surface area (TPSA) is 120 Å². The van der Waals surface area contributed by atoms with Crippen molar-refractivity contribution in [3.63, 3.8) is 0 Å². The van der Waals surface area contributed by atoms with Crippen molar-refractivity contribution in [3.05, 3.63) is 48.2 Å². The zero-order valence-electron chi connectivity index (χ0n) is 22.2. The number of rotatable bonds is 9. The minimum absolute atomic E-state index is 0.0537. The molecule has 10 nitrogen and oxygen atoms in total. The lowest BCUT2D eigenvalue weighted by Crippen LogP contribution is -2.51. The van der Waals surface area contributed by atoms with Gasteiger partial charge in [0.15, 0.2) is 5.82 Å². The number of aromatic nitrogens is 4. The maximum Gasteiger partial charge on any atom is 0.317 e. The van der Waals surface area contributed by atoms with Crippen molar-refractivity contribution in [1.29, 1.82) is 0 Å². The molecule has 0 unspecified atom stereocenters. The SMILES string of the molecule is COCCOc1nccc(-c2[nH]c(C3OCC(C)(C(=O)NC4CCCCC4)CO3)nc2-c2ccc(F)cc2)n1. The zero-order valence-corrected chi connectivity index (χ0v) is 22.2. The molecule has 3 heterocycles. The fourth-order valence-corrected chi connectivity index (χ4v) is 4.78. The van der Waals surface area contributed by atoms with Gasteiger partial charge in [0.05, 0.1) is 42.3 Å². The van der Waals surface area contributed by atoms with E-state index in [-0.39, 0.29) is 37.0 Å². The number of hydrogen-bond donors (Lipinski definition) is 2. The molecule has 0 atom stereocenters. The van der Waals surface area contributed by atoms with Crippen LogP contribution in [-0.4, -0.2) is 65.4 Å². The maximum atomic E-state index is 13.7. The lowest BCUT2D eigenvalue weighted by atomic mass is 9.89. The van der Waals surface area contributed by atoms with E-state index in [1.165, 1.54) is 18.6 Å². The molecule has 0 spiro atoms. The summed E-state index contributed by atoms with van der Waals surface area (Å²) in [5, 5.41) is 3.18. The molecule has 0 radical (unpaired) electrons. The molecule has 5 rings (SSSR count). The molecule has 2 aromatic heterocycles. The second kappa shape index (κ2) is 12.2. The summed E-state index contributed by atoms with van der Waals surface area (Å²) in [6.45, 7) is 2.92. The van der Waals surface area contributed by atoms with Gasteiger partial charge in [0.25, 0.3) is 0 Å². The Morgan fingerprint density at radius 2 is 1.85 bits per heavy atom. The largest absolute Gasteiger partial charge is 0.461 e. The molecule has 1 amide bonds. The van der Waals surface area contributed by atoms with Crippen molar-refractivity contribution in [2.45, 2.75) is 51.4 Å². The van der Waals surface area contributed by atoms with Crippen LogP contribution in [0.15, 0.2) is 36.5 Å². The fraction of sp³-hybridized carbons (Fsp3) is 0.500. The van der Waals surface area contributed by atoms with Gasteiger partial charge in [0.2, 0.25) is 12.2 Å². The van der Waals surface area contributed by atoms with Crippen LogP contribution >= 0.6 is 0 Å². The molecule has 1 aromatic carbocycles. The van der Waals surface area contributed by atoms with Crippen LogP contribution in [-0.2, 0) is 19.0 Å². The van der Waals surface area contributed by atoms with Crippen LogP contribution < -0.4 is 10.1 Å². The molecule has 1 aliphatic heterocycles. The summed E-state index contributed by atoms with van der Waals surface area (Å²) in [6, 6.07) is 8.16. The smallest absolute Gasteiger partial charge is 0.317 e. The van der Waals surface area contributed by atoms with Crippen molar-refractivity contribution in [2.24, 2.45) is 5.41 Å². The number of ether oxygens (including phenoxy) is 4. The summed E-state index contributed by atoms with van der Waals surface area (Å²) in [5.74, 6) is 0.0122. The van der Waals surface area contributed by atoms with Gasteiger partial charge in [-0.2, -0.15) is 4.98 Å². The Morgan fingerprint density at radius 1 is 1.10 bits per heavy atom. The Bertz CT molecular complexity index is 1250. The number of halogens is 1. The van der Waals surface area contributed by atoms with Crippen LogP contribution in [0, 0.1) is 11.2 Å². The highest BCUT2D eigenvalue weighted by Gasteiger charge is 2.41. The first-order valence-corrected chi connectivity index (χ1v) is 13.3. The maximum absolute atomic E-state index is 13.7. The van der Waals surface area contributed by atoms with Gasteiger partial charge in [0, 0.05) is 24.9 Å². The number of benzene rings is 1. The van der Waals surface area contributed by atoms with Gasteiger partial charge in [-0.1, -0.05) is 19.3 Å². The number of carbonyl (C=O) groups excluding carboxylic acids is 1. The fourth-order valence-electron chi connectivity index (χ4n) is 4.78. The first kappa shape index (κ1) is 27.2. The quantitative estimate of drug-likeness (QED) is 0.388. The van der Waals surface area contributed by atoms with Crippen molar-refractivity contribution in [1.82, 2.24) is 25.3 Å². The van der Waals surface area contributed by atoms with Gasteiger partial charge in [-0.25, -0.2) is 14.4 Å². The standard InChI is InChI=1S/C28H34FN5O5/c1-28(26(35)31-20-6-4-3-5-7-20)16-38-25(39-17-28)24-33-22(18-8-10-19(29)11-9-18)23(34-24)21-12-13-30-27(32-21)37-15-14-36-2/h8-13,20,25H,3-7,14-17H2,1-2H3,(H,31,35)(H,33,34). The predicted molar refractivity (Wildman–Crippen MR) is 140 cm³/mol. The molecular weight excluding hydrogens is 505 g/mol. The molecule has 39 heavy (non-hydrogen) atoms. The Hall–Kier alpha value is -3.41. The Balaban J connectivity index is 1.36. The first-order chi connectivity index (χ1) is 18.9.